The van der Waals surface area contributed by atoms with E-state index in [0.29, 0.717) is 52.7 Å². The first kappa shape index (κ1) is 19.4. The van der Waals surface area contributed by atoms with E-state index in [1.165, 1.54) is 0 Å². The van der Waals surface area contributed by atoms with Crippen molar-refractivity contribution < 1.29 is 22.7 Å². The van der Waals surface area contributed by atoms with Crippen molar-refractivity contribution in [2.24, 2.45) is 0 Å². The van der Waals surface area contributed by atoms with Gasteiger partial charge in [0.1, 0.15) is 5.75 Å². The van der Waals surface area contributed by atoms with E-state index in [4.69, 9.17) is 16.3 Å². The molecule has 0 spiro atoms. The van der Waals surface area contributed by atoms with Crippen LogP contribution in [0.5, 0.6) is 11.5 Å². The summed E-state index contributed by atoms with van der Waals surface area (Å²) >= 11 is 6.16. The molecule has 0 bridgehead atoms. The average Bonchev–Trinajstić information content (AvgIpc) is 2.81. The van der Waals surface area contributed by atoms with Crippen LogP contribution in [0.25, 0.3) is 0 Å². The number of benzene rings is 2. The lowest BCUT2D eigenvalue weighted by atomic mass is 9.89. The quantitative estimate of drug-likeness (QED) is 0.724. The topological polar surface area (TPSA) is 65.4 Å². The number of anilines is 1. The van der Waals surface area contributed by atoms with Crippen LogP contribution < -0.4 is 15.0 Å². The second-order valence-electron chi connectivity index (χ2n) is 6.94. The molecule has 150 valence electrons. The molecule has 0 saturated carbocycles. The van der Waals surface area contributed by atoms with Gasteiger partial charge in [-0.25, -0.2) is 0 Å². The summed E-state index contributed by atoms with van der Waals surface area (Å²) in [5.41, 5.74) is 1.59. The number of rotatable bonds is 1. The molecule has 4 rings (SSSR count). The van der Waals surface area contributed by atoms with E-state index in [9.17, 15) is 23.2 Å². The van der Waals surface area contributed by atoms with E-state index in [1.54, 1.807) is 36.4 Å². The van der Waals surface area contributed by atoms with E-state index in [1.807, 2.05) is 11.0 Å². The molecule has 2 unspecified atom stereocenters. The van der Waals surface area contributed by atoms with E-state index < -0.39 is 24.2 Å². The monoisotopic (exact) mass is 421 g/mol. The Morgan fingerprint density at radius 1 is 1.24 bits per heavy atom. The molecule has 2 aromatic rings. The van der Waals surface area contributed by atoms with Gasteiger partial charge in [-0.2, -0.15) is 18.4 Å². The summed E-state index contributed by atoms with van der Waals surface area (Å²) in [6.45, 7) is 0.555. The van der Waals surface area contributed by atoms with Crippen LogP contribution in [0, 0.1) is 11.3 Å². The average molecular weight is 422 g/mol. The van der Waals surface area contributed by atoms with Gasteiger partial charge < -0.3 is 15.0 Å². The maximum atomic E-state index is 12.9. The second kappa shape index (κ2) is 7.16. The van der Waals surface area contributed by atoms with E-state index in [0.717, 1.165) is 0 Å². The minimum atomic E-state index is -4.97. The van der Waals surface area contributed by atoms with Gasteiger partial charge in [0.05, 0.1) is 29.4 Å². The fraction of sp³-hybridized carbons (Fsp3) is 0.300. The number of nitriles is 1. The molecule has 1 saturated heterocycles. The molecule has 1 fully saturated rings. The molecule has 2 heterocycles. The Hall–Kier alpha value is -2.92. The lowest BCUT2D eigenvalue weighted by Crippen LogP contribution is -2.52. The van der Waals surface area contributed by atoms with Gasteiger partial charge in [-0.3, -0.25) is 4.79 Å². The summed E-state index contributed by atoms with van der Waals surface area (Å²) < 4.78 is 44.7. The Kier molecular flexibility index (Phi) is 4.79. The summed E-state index contributed by atoms with van der Waals surface area (Å²) in [5, 5.41) is 11.8. The van der Waals surface area contributed by atoms with E-state index >= 15 is 0 Å². The smallest absolute Gasteiger partial charge is 0.455 e. The Morgan fingerprint density at radius 3 is 2.76 bits per heavy atom. The van der Waals surface area contributed by atoms with Gasteiger partial charge in [-0.15, -0.1) is 0 Å². The highest BCUT2D eigenvalue weighted by Gasteiger charge is 2.44. The molecule has 2 aliphatic heterocycles. The molecule has 2 aromatic carbocycles. The van der Waals surface area contributed by atoms with Crippen molar-refractivity contribution in [3.8, 4) is 17.6 Å². The van der Waals surface area contributed by atoms with Gasteiger partial charge in [0, 0.05) is 17.1 Å². The van der Waals surface area contributed by atoms with Gasteiger partial charge >= 0.3 is 12.1 Å². The molecule has 1 N–H and O–H groups in total. The van der Waals surface area contributed by atoms with Crippen molar-refractivity contribution in [3.63, 3.8) is 0 Å². The molecular formula is C20H15ClF3N3O2. The zero-order chi connectivity index (χ0) is 20.8. The highest BCUT2D eigenvalue weighted by Crippen LogP contribution is 2.48. The maximum absolute atomic E-state index is 12.9. The minimum Gasteiger partial charge on any atom is -0.455 e. The number of hydrogen-bond acceptors (Lipinski definition) is 4. The summed E-state index contributed by atoms with van der Waals surface area (Å²) in [6.07, 6.45) is -4.02. The number of alkyl halides is 3. The van der Waals surface area contributed by atoms with Gasteiger partial charge in [0.15, 0.2) is 5.75 Å². The highest BCUT2D eigenvalue weighted by atomic mass is 35.5. The number of ether oxygens (including phenoxy) is 1. The number of fused-ring (bicyclic) bond motifs is 5. The minimum absolute atomic E-state index is 0.361. The van der Waals surface area contributed by atoms with E-state index in [2.05, 4.69) is 5.32 Å². The van der Waals surface area contributed by atoms with Crippen LogP contribution in [0.1, 0.15) is 30.0 Å². The SMILES string of the molecule is N#Cc1ccc2c(c1)Oc1ccc(Cl)cc1N1CCCC(NC(=O)C(F)(F)F)C21. The first-order valence-electron chi connectivity index (χ1n) is 8.93. The third-order valence-electron chi connectivity index (χ3n) is 5.12. The van der Waals surface area contributed by atoms with Crippen molar-refractivity contribution in [2.75, 3.05) is 11.4 Å². The normalized spacial score (nSPS) is 20.3. The predicted octanol–water partition coefficient (Wildman–Crippen LogP) is 4.71. The summed E-state index contributed by atoms with van der Waals surface area (Å²) in [4.78, 5) is 13.6. The zero-order valence-corrected chi connectivity index (χ0v) is 15.7. The summed E-state index contributed by atoms with van der Waals surface area (Å²) in [7, 11) is 0. The highest BCUT2D eigenvalue weighted by molar-refractivity contribution is 6.31. The number of hydrogen-bond donors (Lipinski definition) is 1. The van der Waals surface area contributed by atoms with Gasteiger partial charge in [-0.05, 0) is 43.2 Å². The lowest BCUT2D eigenvalue weighted by Gasteiger charge is -2.42. The van der Waals surface area contributed by atoms with Crippen LogP contribution in [0.3, 0.4) is 0 Å². The molecule has 5 nitrogen and oxygen atoms in total. The fourth-order valence-corrected chi connectivity index (χ4v) is 4.07. The number of piperidine rings is 1. The number of nitrogens with zero attached hydrogens (tertiary/aromatic N) is 2. The van der Waals surface area contributed by atoms with Crippen molar-refractivity contribution in [3.05, 3.63) is 52.5 Å². The van der Waals surface area contributed by atoms with Crippen LogP contribution in [0.2, 0.25) is 5.02 Å². The van der Waals surface area contributed by atoms with Crippen molar-refractivity contribution in [2.45, 2.75) is 31.1 Å². The molecule has 29 heavy (non-hydrogen) atoms. The Bertz CT molecular complexity index is 1020. The Labute approximate surface area is 169 Å². The molecule has 9 heteroatoms. The van der Waals surface area contributed by atoms with Gasteiger partial charge in [0.25, 0.3) is 0 Å². The van der Waals surface area contributed by atoms with Crippen LogP contribution in [-0.4, -0.2) is 24.7 Å². The number of halogens is 4. The number of carbonyl (C=O) groups excluding carboxylic acids is 1. The van der Waals surface area contributed by atoms with Crippen LogP contribution in [0.4, 0.5) is 18.9 Å². The van der Waals surface area contributed by atoms with Crippen molar-refractivity contribution in [1.82, 2.24) is 5.32 Å². The van der Waals surface area contributed by atoms with Crippen LogP contribution >= 0.6 is 11.6 Å². The fourth-order valence-electron chi connectivity index (χ4n) is 3.91. The standard InChI is InChI=1S/C20H15ClF3N3O2/c21-12-4-6-16-15(9-12)27-7-1-2-14(26-19(28)20(22,23)24)18(27)13-5-3-11(10-25)8-17(13)29-16/h3-6,8-9,14,18H,1-2,7H2,(H,26,28). The third kappa shape index (κ3) is 3.58. The molecular weight excluding hydrogens is 407 g/mol. The Morgan fingerprint density at radius 2 is 2.03 bits per heavy atom. The van der Waals surface area contributed by atoms with Crippen LogP contribution in [0.15, 0.2) is 36.4 Å². The number of amides is 1. The molecule has 0 aliphatic carbocycles. The lowest BCUT2D eigenvalue weighted by molar-refractivity contribution is -0.174. The molecule has 1 amide bonds. The summed E-state index contributed by atoms with van der Waals surface area (Å²) in [5.74, 6) is -1.12. The molecule has 2 atom stereocenters. The molecule has 0 radical (unpaired) electrons. The zero-order valence-electron chi connectivity index (χ0n) is 15.0. The van der Waals surface area contributed by atoms with Crippen molar-refractivity contribution in [1.29, 1.82) is 5.26 Å². The number of nitrogens with one attached hydrogen (secondary N) is 1. The van der Waals surface area contributed by atoms with Gasteiger partial charge in [-0.1, -0.05) is 17.7 Å². The number of carbonyl (C=O) groups is 1. The summed E-state index contributed by atoms with van der Waals surface area (Å²) in [6, 6.07) is 10.5. The predicted molar refractivity (Wildman–Crippen MR) is 100.0 cm³/mol. The third-order valence-corrected chi connectivity index (χ3v) is 5.35. The first-order valence-corrected chi connectivity index (χ1v) is 9.31. The Balaban J connectivity index is 1.85. The van der Waals surface area contributed by atoms with Crippen molar-refractivity contribution >= 4 is 23.2 Å². The molecule has 2 aliphatic rings. The largest absolute Gasteiger partial charge is 0.471 e. The maximum Gasteiger partial charge on any atom is 0.471 e. The first-order chi connectivity index (χ1) is 13.8. The van der Waals surface area contributed by atoms with Gasteiger partial charge in [0.2, 0.25) is 0 Å². The second-order valence-corrected chi connectivity index (χ2v) is 7.37. The van der Waals surface area contributed by atoms with E-state index in [-0.39, 0.29) is 0 Å². The van der Waals surface area contributed by atoms with Crippen LogP contribution in [-0.2, 0) is 4.79 Å². The molecule has 0 aromatic heterocycles.